The Balaban J connectivity index is 1.53. The van der Waals surface area contributed by atoms with E-state index in [1.54, 1.807) is 4.68 Å². The van der Waals surface area contributed by atoms with Gasteiger partial charge in [0.05, 0.1) is 17.6 Å². The van der Waals surface area contributed by atoms with Crippen LogP contribution >= 0.6 is 22.6 Å². The van der Waals surface area contributed by atoms with Crippen LogP contribution in [0.5, 0.6) is 0 Å². The summed E-state index contributed by atoms with van der Waals surface area (Å²) in [5.41, 5.74) is 1.68. The van der Waals surface area contributed by atoms with Crippen LogP contribution in [0.4, 0.5) is 5.69 Å². The number of carbonyl (C=O) groups excluding carboxylic acids is 1. The van der Waals surface area contributed by atoms with E-state index in [0.29, 0.717) is 12.6 Å². The Morgan fingerprint density at radius 2 is 2.19 bits per heavy atom. The fourth-order valence-electron chi connectivity index (χ4n) is 1.93. The number of aromatic nitrogens is 3. The van der Waals surface area contributed by atoms with Gasteiger partial charge >= 0.3 is 0 Å². The van der Waals surface area contributed by atoms with Gasteiger partial charge in [0.2, 0.25) is 5.91 Å². The zero-order chi connectivity index (χ0) is 14.7. The topological polar surface area (TPSA) is 71.8 Å². The number of anilines is 1. The Bertz CT molecular complexity index is 638. The first kappa shape index (κ1) is 14.5. The first-order valence-corrected chi connectivity index (χ1v) is 7.95. The lowest BCUT2D eigenvalue weighted by atomic mass is 10.3. The lowest BCUT2D eigenvalue weighted by Gasteiger charge is -2.06. The maximum Gasteiger partial charge on any atom is 0.246 e. The molecule has 110 valence electrons. The van der Waals surface area contributed by atoms with E-state index >= 15 is 0 Å². The third kappa shape index (κ3) is 4.24. The standard InChI is InChI=1S/C14H16IN5O/c15-12-3-1-2-4-13(12)17-14(21)9-20-8-11(18-19-20)7-16-10-5-6-10/h1-4,8,10,16H,5-7,9H2,(H,17,21). The number of carbonyl (C=O) groups is 1. The van der Waals surface area contributed by atoms with E-state index in [-0.39, 0.29) is 12.5 Å². The van der Waals surface area contributed by atoms with Crippen molar-refractivity contribution in [3.8, 4) is 0 Å². The summed E-state index contributed by atoms with van der Waals surface area (Å²) >= 11 is 2.19. The number of nitrogens with one attached hydrogen (secondary N) is 2. The van der Waals surface area contributed by atoms with Crippen LogP contribution in [-0.4, -0.2) is 26.9 Å². The summed E-state index contributed by atoms with van der Waals surface area (Å²) in [5.74, 6) is -0.106. The van der Waals surface area contributed by atoms with Gasteiger partial charge in [0.15, 0.2) is 0 Å². The summed E-state index contributed by atoms with van der Waals surface area (Å²) in [4.78, 5) is 12.0. The number of nitrogens with zero attached hydrogens (tertiary/aromatic N) is 3. The Morgan fingerprint density at radius 3 is 2.95 bits per heavy atom. The lowest BCUT2D eigenvalue weighted by molar-refractivity contribution is -0.116. The van der Waals surface area contributed by atoms with Crippen LogP contribution in [-0.2, 0) is 17.9 Å². The van der Waals surface area contributed by atoms with Gasteiger partial charge in [-0.05, 0) is 47.6 Å². The van der Waals surface area contributed by atoms with Crippen molar-refractivity contribution in [3.63, 3.8) is 0 Å². The molecular formula is C14H16IN5O. The zero-order valence-electron chi connectivity index (χ0n) is 11.4. The molecule has 1 aliphatic rings. The minimum Gasteiger partial charge on any atom is -0.324 e. The maximum atomic E-state index is 12.0. The van der Waals surface area contributed by atoms with E-state index in [1.165, 1.54) is 12.8 Å². The molecular weight excluding hydrogens is 381 g/mol. The summed E-state index contributed by atoms with van der Waals surface area (Å²) in [7, 11) is 0. The first-order chi connectivity index (χ1) is 10.2. The number of rotatable bonds is 6. The summed E-state index contributed by atoms with van der Waals surface area (Å²) in [5, 5.41) is 14.3. The van der Waals surface area contributed by atoms with Crippen LogP contribution in [0.3, 0.4) is 0 Å². The molecule has 0 saturated heterocycles. The fraction of sp³-hybridized carbons (Fsp3) is 0.357. The molecule has 1 aromatic heterocycles. The van der Waals surface area contributed by atoms with Crippen molar-refractivity contribution in [2.45, 2.75) is 32.0 Å². The lowest BCUT2D eigenvalue weighted by Crippen LogP contribution is -2.19. The molecule has 1 amide bonds. The van der Waals surface area contributed by atoms with Gasteiger partial charge in [-0.1, -0.05) is 17.3 Å². The minimum atomic E-state index is -0.106. The number of hydrogen-bond donors (Lipinski definition) is 2. The first-order valence-electron chi connectivity index (χ1n) is 6.87. The molecule has 1 saturated carbocycles. The Morgan fingerprint density at radius 1 is 1.38 bits per heavy atom. The maximum absolute atomic E-state index is 12.0. The van der Waals surface area contributed by atoms with Crippen molar-refractivity contribution in [2.75, 3.05) is 5.32 Å². The Labute approximate surface area is 136 Å². The van der Waals surface area contributed by atoms with E-state index < -0.39 is 0 Å². The summed E-state index contributed by atoms with van der Waals surface area (Å²) in [6.45, 7) is 0.879. The molecule has 7 heteroatoms. The van der Waals surface area contributed by atoms with E-state index in [9.17, 15) is 4.79 Å². The van der Waals surface area contributed by atoms with Crippen LogP contribution < -0.4 is 10.6 Å². The Hall–Kier alpha value is -1.48. The SMILES string of the molecule is O=C(Cn1cc(CNC2CC2)nn1)Nc1ccccc1I. The predicted octanol–water partition coefficient (Wildman–Crippen LogP) is 1.77. The van der Waals surface area contributed by atoms with Gasteiger partial charge in [-0.3, -0.25) is 4.79 Å². The average molecular weight is 397 g/mol. The fourth-order valence-corrected chi connectivity index (χ4v) is 2.45. The molecule has 2 aromatic rings. The van der Waals surface area contributed by atoms with Crippen molar-refractivity contribution in [2.24, 2.45) is 0 Å². The highest BCUT2D eigenvalue weighted by atomic mass is 127. The third-order valence-electron chi connectivity index (χ3n) is 3.19. The van der Waals surface area contributed by atoms with Gasteiger partial charge in [-0.25, -0.2) is 4.68 Å². The number of benzene rings is 1. The Kier molecular flexibility index (Phi) is 4.49. The van der Waals surface area contributed by atoms with E-state index in [0.717, 1.165) is 15.0 Å². The van der Waals surface area contributed by atoms with Crippen LogP contribution in [0.15, 0.2) is 30.5 Å². The summed E-state index contributed by atoms with van der Waals surface area (Å²) in [6, 6.07) is 8.31. The monoisotopic (exact) mass is 397 g/mol. The molecule has 2 N–H and O–H groups in total. The molecule has 0 radical (unpaired) electrons. The van der Waals surface area contributed by atoms with Gasteiger partial charge < -0.3 is 10.6 Å². The smallest absolute Gasteiger partial charge is 0.246 e. The van der Waals surface area contributed by atoms with E-state index in [1.807, 2.05) is 30.5 Å². The molecule has 0 unspecified atom stereocenters. The van der Waals surface area contributed by atoms with Crippen molar-refractivity contribution < 1.29 is 4.79 Å². The average Bonchev–Trinajstić information content (AvgIpc) is 3.19. The van der Waals surface area contributed by atoms with Crippen LogP contribution in [0, 0.1) is 3.57 Å². The molecule has 0 bridgehead atoms. The molecule has 1 heterocycles. The highest BCUT2D eigenvalue weighted by Gasteiger charge is 2.20. The van der Waals surface area contributed by atoms with E-state index in [4.69, 9.17) is 0 Å². The van der Waals surface area contributed by atoms with Gasteiger partial charge in [0.25, 0.3) is 0 Å². The number of para-hydroxylation sites is 1. The second kappa shape index (κ2) is 6.52. The zero-order valence-corrected chi connectivity index (χ0v) is 13.6. The molecule has 1 fully saturated rings. The minimum absolute atomic E-state index is 0.106. The molecule has 21 heavy (non-hydrogen) atoms. The van der Waals surface area contributed by atoms with Gasteiger partial charge in [0, 0.05) is 16.2 Å². The molecule has 0 atom stereocenters. The van der Waals surface area contributed by atoms with Gasteiger partial charge in [0.1, 0.15) is 6.54 Å². The molecule has 3 rings (SSSR count). The molecule has 0 spiro atoms. The van der Waals surface area contributed by atoms with Crippen molar-refractivity contribution in [1.29, 1.82) is 0 Å². The van der Waals surface area contributed by atoms with Crippen molar-refractivity contribution >= 4 is 34.2 Å². The second-order valence-electron chi connectivity index (χ2n) is 5.09. The second-order valence-corrected chi connectivity index (χ2v) is 6.25. The highest BCUT2D eigenvalue weighted by molar-refractivity contribution is 14.1. The molecule has 6 nitrogen and oxygen atoms in total. The predicted molar refractivity (Wildman–Crippen MR) is 87.7 cm³/mol. The van der Waals surface area contributed by atoms with Crippen molar-refractivity contribution in [3.05, 3.63) is 39.7 Å². The summed E-state index contributed by atoms with van der Waals surface area (Å²) < 4.78 is 2.58. The van der Waals surface area contributed by atoms with E-state index in [2.05, 4.69) is 43.5 Å². The van der Waals surface area contributed by atoms with Crippen LogP contribution in [0.1, 0.15) is 18.5 Å². The quantitative estimate of drug-likeness (QED) is 0.730. The van der Waals surface area contributed by atoms with Gasteiger partial charge in [-0.2, -0.15) is 0 Å². The molecule has 0 aliphatic heterocycles. The number of halogens is 1. The molecule has 1 aromatic carbocycles. The van der Waals surface area contributed by atoms with Crippen LogP contribution in [0.25, 0.3) is 0 Å². The summed E-state index contributed by atoms with van der Waals surface area (Å²) in [6.07, 6.45) is 4.30. The normalized spacial score (nSPS) is 14.1. The highest BCUT2D eigenvalue weighted by Crippen LogP contribution is 2.19. The third-order valence-corrected chi connectivity index (χ3v) is 4.13. The van der Waals surface area contributed by atoms with Crippen molar-refractivity contribution in [1.82, 2.24) is 20.3 Å². The molecule has 1 aliphatic carbocycles. The van der Waals surface area contributed by atoms with Crippen LogP contribution in [0.2, 0.25) is 0 Å². The number of hydrogen-bond acceptors (Lipinski definition) is 4. The largest absolute Gasteiger partial charge is 0.324 e. The van der Waals surface area contributed by atoms with Gasteiger partial charge in [-0.15, -0.1) is 5.10 Å². The number of amides is 1.